The number of hydrazone groups is 1. The van der Waals surface area contributed by atoms with Gasteiger partial charge in [0.15, 0.2) is 18.1 Å². The maximum atomic E-state index is 12.3. The van der Waals surface area contributed by atoms with Crippen LogP contribution in [0.25, 0.3) is 0 Å². The van der Waals surface area contributed by atoms with Crippen LogP contribution >= 0.6 is 39.1 Å². The molecule has 3 aromatic carbocycles. The van der Waals surface area contributed by atoms with Gasteiger partial charge in [-0.15, -0.1) is 0 Å². The third-order valence-electron chi connectivity index (χ3n) is 4.42. The van der Waals surface area contributed by atoms with Crippen molar-refractivity contribution < 1.29 is 23.9 Å². The smallest absolute Gasteiger partial charge is 0.329 e. The molecule has 9 nitrogen and oxygen atoms in total. The van der Waals surface area contributed by atoms with E-state index in [1.807, 2.05) is 0 Å². The Morgan fingerprint density at radius 3 is 2.50 bits per heavy atom. The molecule has 0 atom stereocenters. The number of methoxy groups -OCH3 is 1. The number of hydrogen-bond acceptors (Lipinski definition) is 6. The number of benzene rings is 3. The number of carbonyl (C=O) groups is 3. The minimum absolute atomic E-state index is 0.286. The Bertz CT molecular complexity index is 1320. The molecule has 0 aliphatic carbocycles. The normalized spacial score (nSPS) is 10.6. The molecule has 36 heavy (non-hydrogen) atoms. The highest BCUT2D eigenvalue weighted by molar-refractivity contribution is 9.10. The topological polar surface area (TPSA) is 118 Å². The van der Waals surface area contributed by atoms with E-state index in [1.165, 1.54) is 19.4 Å². The van der Waals surface area contributed by atoms with Crippen LogP contribution < -0.4 is 25.5 Å². The summed E-state index contributed by atoms with van der Waals surface area (Å²) in [5.74, 6) is -1.70. The molecule has 0 saturated carbocycles. The highest BCUT2D eigenvalue weighted by atomic mass is 79.9. The van der Waals surface area contributed by atoms with Crippen molar-refractivity contribution in [1.82, 2.24) is 5.43 Å². The third kappa shape index (κ3) is 7.70. The maximum Gasteiger partial charge on any atom is 0.329 e. The van der Waals surface area contributed by atoms with E-state index in [-0.39, 0.29) is 12.4 Å². The van der Waals surface area contributed by atoms with Gasteiger partial charge in [0.25, 0.3) is 5.91 Å². The molecule has 3 N–H and O–H groups in total. The number of hydrogen-bond donors (Lipinski definition) is 3. The first-order chi connectivity index (χ1) is 17.3. The lowest BCUT2D eigenvalue weighted by atomic mass is 10.2. The van der Waals surface area contributed by atoms with Crippen LogP contribution in [-0.4, -0.2) is 37.7 Å². The van der Waals surface area contributed by atoms with E-state index in [0.717, 1.165) is 0 Å². The Kier molecular flexibility index (Phi) is 9.69. The molecule has 0 unspecified atom stereocenters. The summed E-state index contributed by atoms with van der Waals surface area (Å²) >= 11 is 15.3. The van der Waals surface area contributed by atoms with Crippen LogP contribution in [0.4, 0.5) is 11.4 Å². The van der Waals surface area contributed by atoms with Gasteiger partial charge < -0.3 is 20.1 Å². The first-order valence-corrected chi connectivity index (χ1v) is 11.8. The van der Waals surface area contributed by atoms with E-state index in [0.29, 0.717) is 37.2 Å². The molecular formula is C24H19BrCl2N4O5. The van der Waals surface area contributed by atoms with Gasteiger partial charge in [0.1, 0.15) is 0 Å². The highest BCUT2D eigenvalue weighted by Crippen LogP contribution is 2.36. The molecule has 0 radical (unpaired) electrons. The van der Waals surface area contributed by atoms with Crippen LogP contribution in [0.15, 0.2) is 70.2 Å². The fraction of sp³-hybridized carbons (Fsp3) is 0.0833. The number of para-hydroxylation sites is 1. The van der Waals surface area contributed by atoms with E-state index in [1.54, 1.807) is 54.6 Å². The summed E-state index contributed by atoms with van der Waals surface area (Å²) < 4.78 is 11.4. The maximum absolute atomic E-state index is 12.3. The lowest BCUT2D eigenvalue weighted by Gasteiger charge is -2.14. The number of anilines is 2. The van der Waals surface area contributed by atoms with Gasteiger partial charge in [-0.2, -0.15) is 5.10 Å². The van der Waals surface area contributed by atoms with Gasteiger partial charge in [0.2, 0.25) is 0 Å². The molecule has 0 aliphatic rings. The number of carbonyl (C=O) groups excluding carboxylic acids is 3. The van der Waals surface area contributed by atoms with Crippen LogP contribution in [0.5, 0.6) is 11.5 Å². The molecule has 0 bridgehead atoms. The van der Waals surface area contributed by atoms with Crippen molar-refractivity contribution in [2.45, 2.75) is 0 Å². The summed E-state index contributed by atoms with van der Waals surface area (Å²) in [7, 11) is 1.43. The minimum Gasteiger partial charge on any atom is -0.493 e. The molecule has 0 aliphatic heterocycles. The molecule has 0 fully saturated rings. The van der Waals surface area contributed by atoms with Crippen LogP contribution in [0.2, 0.25) is 10.0 Å². The van der Waals surface area contributed by atoms with Gasteiger partial charge in [-0.1, -0.05) is 41.4 Å². The fourth-order valence-corrected chi connectivity index (χ4v) is 3.76. The van der Waals surface area contributed by atoms with Crippen molar-refractivity contribution in [2.75, 3.05) is 24.4 Å². The SMILES string of the molecule is COc1cc(/C=N\NC(=O)C(=O)Nc2cccc(Cl)c2)cc(Br)c1OCC(=O)Nc1ccccc1Cl. The number of ether oxygens (including phenoxy) is 2. The molecule has 3 rings (SSSR count). The van der Waals surface area contributed by atoms with Crippen LogP contribution in [0.1, 0.15) is 5.56 Å². The van der Waals surface area contributed by atoms with E-state index in [4.69, 9.17) is 32.7 Å². The largest absolute Gasteiger partial charge is 0.493 e. The first kappa shape index (κ1) is 27.0. The Morgan fingerprint density at radius 2 is 1.78 bits per heavy atom. The Hall–Kier alpha value is -3.60. The number of rotatable bonds is 8. The van der Waals surface area contributed by atoms with Crippen molar-refractivity contribution >= 4 is 74.4 Å². The molecule has 3 amide bonds. The molecular weight excluding hydrogens is 575 g/mol. The number of amides is 3. The van der Waals surface area contributed by atoms with Gasteiger partial charge >= 0.3 is 11.8 Å². The molecule has 0 aromatic heterocycles. The monoisotopic (exact) mass is 592 g/mol. The predicted molar refractivity (Wildman–Crippen MR) is 142 cm³/mol. The fourth-order valence-electron chi connectivity index (χ4n) is 2.81. The number of nitrogens with zero attached hydrogens (tertiary/aromatic N) is 1. The lowest BCUT2D eigenvalue weighted by Crippen LogP contribution is -2.32. The number of halogens is 3. The third-order valence-corrected chi connectivity index (χ3v) is 5.57. The summed E-state index contributed by atoms with van der Waals surface area (Å²) in [5.41, 5.74) is 3.49. The molecule has 0 spiro atoms. The van der Waals surface area contributed by atoms with E-state index >= 15 is 0 Å². The molecule has 12 heteroatoms. The second kappa shape index (κ2) is 12.9. The Labute approximate surface area is 224 Å². The summed E-state index contributed by atoms with van der Waals surface area (Å²) in [6, 6.07) is 16.4. The van der Waals surface area contributed by atoms with E-state index in [2.05, 4.69) is 37.1 Å². The van der Waals surface area contributed by atoms with Crippen LogP contribution in [0.3, 0.4) is 0 Å². The average molecular weight is 594 g/mol. The second-order valence-corrected chi connectivity index (χ2v) is 8.71. The molecule has 0 heterocycles. The number of nitrogens with one attached hydrogen (secondary N) is 3. The van der Waals surface area contributed by atoms with Crippen molar-refractivity contribution in [2.24, 2.45) is 5.10 Å². The van der Waals surface area contributed by atoms with Gasteiger partial charge in [-0.3, -0.25) is 14.4 Å². The highest BCUT2D eigenvalue weighted by Gasteiger charge is 2.15. The molecule has 3 aromatic rings. The molecule has 186 valence electrons. The summed E-state index contributed by atoms with van der Waals surface area (Å²) in [5, 5.41) is 9.69. The predicted octanol–water partition coefficient (Wildman–Crippen LogP) is 4.87. The van der Waals surface area contributed by atoms with Gasteiger partial charge in [0, 0.05) is 10.7 Å². The van der Waals surface area contributed by atoms with Gasteiger partial charge in [0.05, 0.1) is 28.5 Å². The average Bonchev–Trinajstić information content (AvgIpc) is 2.84. The second-order valence-electron chi connectivity index (χ2n) is 7.01. The van der Waals surface area contributed by atoms with Gasteiger partial charge in [-0.05, 0) is 64.0 Å². The van der Waals surface area contributed by atoms with Crippen molar-refractivity contribution in [3.05, 3.63) is 80.7 Å². The van der Waals surface area contributed by atoms with Crippen LogP contribution in [-0.2, 0) is 14.4 Å². The first-order valence-electron chi connectivity index (χ1n) is 10.2. The standard InChI is InChI=1S/C24H19BrCl2N4O5/c1-35-20-10-14(12-28-31-24(34)23(33)29-16-6-4-5-15(26)11-16)9-17(25)22(20)36-13-21(32)30-19-8-3-2-7-18(19)27/h2-12H,13H2,1H3,(H,29,33)(H,30,32)(H,31,34)/b28-12-. The van der Waals surface area contributed by atoms with E-state index in [9.17, 15) is 14.4 Å². The van der Waals surface area contributed by atoms with E-state index < -0.39 is 17.7 Å². The lowest BCUT2D eigenvalue weighted by molar-refractivity contribution is -0.136. The van der Waals surface area contributed by atoms with Crippen LogP contribution in [0, 0.1) is 0 Å². The van der Waals surface area contributed by atoms with Crippen molar-refractivity contribution in [3.63, 3.8) is 0 Å². The minimum atomic E-state index is -0.971. The summed E-state index contributed by atoms with van der Waals surface area (Å²) in [6.07, 6.45) is 1.31. The zero-order valence-electron chi connectivity index (χ0n) is 18.7. The Balaban J connectivity index is 1.59. The zero-order chi connectivity index (χ0) is 26.1. The van der Waals surface area contributed by atoms with Crippen molar-refractivity contribution in [3.8, 4) is 11.5 Å². The Morgan fingerprint density at radius 1 is 1.00 bits per heavy atom. The zero-order valence-corrected chi connectivity index (χ0v) is 21.8. The summed E-state index contributed by atoms with van der Waals surface area (Å²) in [6.45, 7) is -0.300. The molecule has 0 saturated heterocycles. The quantitative estimate of drug-likeness (QED) is 0.196. The summed E-state index contributed by atoms with van der Waals surface area (Å²) in [4.78, 5) is 36.3. The van der Waals surface area contributed by atoms with Gasteiger partial charge in [-0.25, -0.2) is 5.43 Å². The van der Waals surface area contributed by atoms with Crippen molar-refractivity contribution in [1.29, 1.82) is 0 Å².